The van der Waals surface area contributed by atoms with Gasteiger partial charge in [-0.3, -0.25) is 4.79 Å². The van der Waals surface area contributed by atoms with Crippen molar-refractivity contribution in [2.75, 3.05) is 26.2 Å². The number of amides is 1. The molecular formula is C23H39N5O. The fourth-order valence-corrected chi connectivity index (χ4v) is 3.52. The second kappa shape index (κ2) is 12.5. The van der Waals surface area contributed by atoms with Gasteiger partial charge in [0.05, 0.1) is 6.54 Å². The molecule has 1 aromatic carbocycles. The first-order valence-electron chi connectivity index (χ1n) is 11.2. The molecule has 1 unspecified atom stereocenters. The molecule has 29 heavy (non-hydrogen) atoms. The molecule has 1 amide bonds. The van der Waals surface area contributed by atoms with Crippen molar-refractivity contribution in [3.05, 3.63) is 35.4 Å². The number of benzene rings is 1. The molecule has 162 valence electrons. The van der Waals surface area contributed by atoms with Crippen LogP contribution in [0.25, 0.3) is 0 Å². The van der Waals surface area contributed by atoms with Crippen molar-refractivity contribution in [3.63, 3.8) is 0 Å². The zero-order chi connectivity index (χ0) is 21.1. The molecular weight excluding hydrogens is 362 g/mol. The van der Waals surface area contributed by atoms with Gasteiger partial charge in [-0.15, -0.1) is 0 Å². The van der Waals surface area contributed by atoms with Gasteiger partial charge in [-0.2, -0.15) is 0 Å². The van der Waals surface area contributed by atoms with Gasteiger partial charge >= 0.3 is 0 Å². The Bertz CT molecular complexity index is 652. The van der Waals surface area contributed by atoms with E-state index in [1.165, 1.54) is 13.0 Å². The summed E-state index contributed by atoms with van der Waals surface area (Å²) in [4.78, 5) is 19.7. The van der Waals surface area contributed by atoms with E-state index in [1.807, 2.05) is 31.2 Å². The van der Waals surface area contributed by atoms with E-state index in [0.717, 1.165) is 50.4 Å². The van der Waals surface area contributed by atoms with Gasteiger partial charge in [0.2, 0.25) is 0 Å². The molecule has 6 heteroatoms. The van der Waals surface area contributed by atoms with Crippen LogP contribution in [-0.2, 0) is 6.54 Å². The second-order valence-electron chi connectivity index (χ2n) is 7.94. The predicted molar refractivity (Wildman–Crippen MR) is 121 cm³/mol. The Morgan fingerprint density at radius 1 is 1.24 bits per heavy atom. The standard InChI is InChI=1S/C23H39N5O/c1-5-13-28-14-11-21(12-15-28)27-23(24-7-3)25-17-19-9-8-10-20(16-19)22(29)26-18(4)6-2/h8-10,16,18,21H,5-7,11-15,17H2,1-4H3,(H,26,29)(H2,24,25,27). The number of aliphatic imine (C=N–C) groups is 1. The topological polar surface area (TPSA) is 68.8 Å². The largest absolute Gasteiger partial charge is 0.357 e. The molecule has 1 saturated heterocycles. The Morgan fingerprint density at radius 2 is 2.00 bits per heavy atom. The average Bonchev–Trinajstić information content (AvgIpc) is 2.74. The van der Waals surface area contributed by atoms with Crippen LogP contribution in [0.4, 0.5) is 0 Å². The number of hydrogen-bond acceptors (Lipinski definition) is 3. The maximum atomic E-state index is 12.4. The van der Waals surface area contributed by atoms with Crippen molar-refractivity contribution < 1.29 is 4.79 Å². The summed E-state index contributed by atoms with van der Waals surface area (Å²) in [5.41, 5.74) is 1.73. The molecule has 0 saturated carbocycles. The van der Waals surface area contributed by atoms with Crippen molar-refractivity contribution in [2.24, 2.45) is 4.99 Å². The maximum absolute atomic E-state index is 12.4. The molecule has 3 N–H and O–H groups in total. The number of carbonyl (C=O) groups excluding carboxylic acids is 1. The maximum Gasteiger partial charge on any atom is 0.251 e. The number of piperidine rings is 1. The summed E-state index contributed by atoms with van der Waals surface area (Å²) in [6.45, 7) is 13.3. The van der Waals surface area contributed by atoms with Gasteiger partial charge in [0.1, 0.15) is 0 Å². The minimum absolute atomic E-state index is 0.0194. The SMILES string of the molecule is CCCN1CCC(NC(=NCc2cccc(C(=O)NC(C)CC)c2)NCC)CC1. The fourth-order valence-electron chi connectivity index (χ4n) is 3.52. The van der Waals surface area contributed by atoms with Crippen molar-refractivity contribution in [1.82, 2.24) is 20.9 Å². The molecule has 2 rings (SSSR count). The molecule has 0 aliphatic carbocycles. The highest BCUT2D eigenvalue weighted by Crippen LogP contribution is 2.11. The molecule has 1 atom stereocenters. The number of guanidine groups is 1. The van der Waals surface area contributed by atoms with Crippen molar-refractivity contribution in [1.29, 1.82) is 0 Å². The molecule has 1 heterocycles. The quantitative estimate of drug-likeness (QED) is 0.439. The Balaban J connectivity index is 1.94. The summed E-state index contributed by atoms with van der Waals surface area (Å²) in [6.07, 6.45) is 4.44. The third-order valence-corrected chi connectivity index (χ3v) is 5.41. The summed E-state index contributed by atoms with van der Waals surface area (Å²) in [5, 5.41) is 9.97. The number of rotatable bonds is 9. The van der Waals surface area contributed by atoms with Crippen LogP contribution in [0.2, 0.25) is 0 Å². The summed E-state index contributed by atoms with van der Waals surface area (Å²) < 4.78 is 0. The predicted octanol–water partition coefficient (Wildman–Crippen LogP) is 3.14. The van der Waals surface area contributed by atoms with E-state index in [4.69, 9.17) is 4.99 Å². The van der Waals surface area contributed by atoms with E-state index in [0.29, 0.717) is 18.2 Å². The van der Waals surface area contributed by atoms with Crippen LogP contribution in [0.15, 0.2) is 29.3 Å². The molecule has 1 aliphatic rings. The first-order valence-corrected chi connectivity index (χ1v) is 11.2. The van der Waals surface area contributed by atoms with Gasteiger partial charge in [-0.25, -0.2) is 4.99 Å². The van der Waals surface area contributed by atoms with Gasteiger partial charge in [0.15, 0.2) is 5.96 Å². The van der Waals surface area contributed by atoms with Crippen molar-refractivity contribution in [3.8, 4) is 0 Å². The van der Waals surface area contributed by atoms with Crippen LogP contribution in [-0.4, -0.2) is 55.0 Å². The lowest BCUT2D eigenvalue weighted by molar-refractivity contribution is 0.0939. The van der Waals surface area contributed by atoms with Crippen LogP contribution < -0.4 is 16.0 Å². The minimum atomic E-state index is -0.0194. The summed E-state index contributed by atoms with van der Waals surface area (Å²) >= 11 is 0. The van der Waals surface area contributed by atoms with E-state index in [1.54, 1.807) is 0 Å². The number of nitrogens with zero attached hydrogens (tertiary/aromatic N) is 2. The van der Waals surface area contributed by atoms with Gasteiger partial charge in [0.25, 0.3) is 5.91 Å². The summed E-state index contributed by atoms with van der Waals surface area (Å²) in [5.74, 6) is 0.838. The van der Waals surface area contributed by atoms with Crippen LogP contribution in [0.5, 0.6) is 0 Å². The van der Waals surface area contributed by atoms with Gasteiger partial charge in [0, 0.05) is 37.3 Å². The van der Waals surface area contributed by atoms with E-state index >= 15 is 0 Å². The smallest absolute Gasteiger partial charge is 0.251 e. The first-order chi connectivity index (χ1) is 14.0. The lowest BCUT2D eigenvalue weighted by Gasteiger charge is -2.32. The van der Waals surface area contributed by atoms with Gasteiger partial charge in [-0.05, 0) is 63.8 Å². The molecule has 0 aromatic heterocycles. The molecule has 1 aliphatic heterocycles. The van der Waals surface area contributed by atoms with Crippen molar-refractivity contribution >= 4 is 11.9 Å². The van der Waals surface area contributed by atoms with E-state index in [-0.39, 0.29) is 11.9 Å². The fraction of sp³-hybridized carbons (Fsp3) is 0.652. The highest BCUT2D eigenvalue weighted by molar-refractivity contribution is 5.94. The molecule has 6 nitrogen and oxygen atoms in total. The lowest BCUT2D eigenvalue weighted by atomic mass is 10.1. The highest BCUT2D eigenvalue weighted by Gasteiger charge is 2.19. The zero-order valence-corrected chi connectivity index (χ0v) is 18.6. The molecule has 1 fully saturated rings. The molecule has 0 bridgehead atoms. The monoisotopic (exact) mass is 401 g/mol. The third kappa shape index (κ3) is 8.05. The first kappa shape index (κ1) is 23.2. The third-order valence-electron chi connectivity index (χ3n) is 5.41. The zero-order valence-electron chi connectivity index (χ0n) is 18.6. The van der Waals surface area contributed by atoms with Crippen LogP contribution >= 0.6 is 0 Å². The highest BCUT2D eigenvalue weighted by atomic mass is 16.1. The molecule has 0 spiro atoms. The van der Waals surface area contributed by atoms with Gasteiger partial charge < -0.3 is 20.9 Å². The average molecular weight is 402 g/mol. The van der Waals surface area contributed by atoms with Gasteiger partial charge in [-0.1, -0.05) is 26.0 Å². The molecule has 0 radical (unpaired) electrons. The van der Waals surface area contributed by atoms with Crippen LogP contribution in [0.3, 0.4) is 0 Å². The number of carbonyl (C=O) groups is 1. The lowest BCUT2D eigenvalue weighted by Crippen LogP contribution is -2.48. The Morgan fingerprint density at radius 3 is 2.66 bits per heavy atom. The second-order valence-corrected chi connectivity index (χ2v) is 7.94. The minimum Gasteiger partial charge on any atom is -0.357 e. The normalized spacial score (nSPS) is 17.0. The molecule has 1 aromatic rings. The Kier molecular flexibility index (Phi) is 9.98. The van der Waals surface area contributed by atoms with Crippen molar-refractivity contribution in [2.45, 2.75) is 72.0 Å². The Labute approximate surface area is 176 Å². The van der Waals surface area contributed by atoms with E-state index in [2.05, 4.69) is 41.6 Å². The number of nitrogens with one attached hydrogen (secondary N) is 3. The summed E-state index contributed by atoms with van der Waals surface area (Å²) in [6, 6.07) is 8.40. The summed E-state index contributed by atoms with van der Waals surface area (Å²) in [7, 11) is 0. The Hall–Kier alpha value is -2.08. The van der Waals surface area contributed by atoms with E-state index < -0.39 is 0 Å². The van der Waals surface area contributed by atoms with Crippen LogP contribution in [0, 0.1) is 0 Å². The van der Waals surface area contributed by atoms with E-state index in [9.17, 15) is 4.79 Å². The van der Waals surface area contributed by atoms with Crippen LogP contribution in [0.1, 0.15) is 69.3 Å². The number of hydrogen-bond donors (Lipinski definition) is 3. The number of likely N-dealkylation sites (tertiary alicyclic amines) is 1.